The number of hydrogen-bond donors (Lipinski definition) is 0. The Morgan fingerprint density at radius 1 is 1.86 bits per heavy atom. The third-order valence-corrected chi connectivity index (χ3v) is 1.34. The molecule has 0 saturated heterocycles. The van der Waals surface area contributed by atoms with Crippen LogP contribution in [-0.4, -0.2) is 11.0 Å². The second-order valence-electron chi connectivity index (χ2n) is 2.07. The van der Waals surface area contributed by atoms with Gasteiger partial charge in [-0.1, -0.05) is 6.92 Å². The Labute approximate surface area is 41.5 Å². The Hall–Kier alpha value is -0.600. The number of nitro groups is 1. The van der Waals surface area contributed by atoms with Gasteiger partial charge in [0.05, 0.1) is 0 Å². The van der Waals surface area contributed by atoms with Gasteiger partial charge in [-0.25, -0.2) is 0 Å². The van der Waals surface area contributed by atoms with E-state index in [1.54, 1.807) is 0 Å². The lowest BCUT2D eigenvalue weighted by atomic mass is 10.5. The summed E-state index contributed by atoms with van der Waals surface area (Å²) in [7, 11) is 0. The van der Waals surface area contributed by atoms with Crippen LogP contribution in [0.3, 0.4) is 0 Å². The van der Waals surface area contributed by atoms with Gasteiger partial charge in [-0.05, 0) is 0 Å². The second kappa shape index (κ2) is 1.18. The van der Waals surface area contributed by atoms with Crippen LogP contribution in [0.2, 0.25) is 0 Å². The topological polar surface area (TPSA) is 43.1 Å². The van der Waals surface area contributed by atoms with E-state index in [-0.39, 0.29) is 11.0 Å². The average Bonchev–Trinajstić information content (AvgIpc) is 2.17. The molecule has 40 valence electrons. The van der Waals surface area contributed by atoms with Gasteiger partial charge in [0.15, 0.2) is 0 Å². The first-order chi connectivity index (χ1) is 3.22. The lowest BCUT2D eigenvalue weighted by Crippen LogP contribution is -2.01. The van der Waals surface area contributed by atoms with Crippen molar-refractivity contribution in [3.8, 4) is 0 Å². The molecule has 0 aromatic heterocycles. The standard InChI is InChI=1S/C4H7NO2/c1-3-2-4(3)5(6)7/h3-4H,2H2,1H3/t3-,4-/m0/s1. The number of hydrogen-bond acceptors (Lipinski definition) is 2. The number of nitrogens with zero attached hydrogens (tertiary/aromatic N) is 1. The highest BCUT2D eigenvalue weighted by atomic mass is 16.6. The average molecular weight is 101 g/mol. The number of rotatable bonds is 1. The van der Waals surface area contributed by atoms with Crippen LogP contribution in [0, 0.1) is 16.0 Å². The highest BCUT2D eigenvalue weighted by Crippen LogP contribution is 2.31. The Morgan fingerprint density at radius 2 is 2.29 bits per heavy atom. The van der Waals surface area contributed by atoms with Gasteiger partial charge in [0, 0.05) is 17.3 Å². The van der Waals surface area contributed by atoms with Crippen molar-refractivity contribution in [2.45, 2.75) is 19.4 Å². The zero-order valence-corrected chi connectivity index (χ0v) is 4.13. The molecule has 0 spiro atoms. The minimum atomic E-state index is -0.208. The molecule has 2 atom stereocenters. The Morgan fingerprint density at radius 3 is 2.29 bits per heavy atom. The van der Waals surface area contributed by atoms with Crippen LogP contribution >= 0.6 is 0 Å². The van der Waals surface area contributed by atoms with Crippen LogP contribution in [0.25, 0.3) is 0 Å². The summed E-state index contributed by atoms with van der Waals surface area (Å²) >= 11 is 0. The summed E-state index contributed by atoms with van der Waals surface area (Å²) in [6, 6.07) is -0.208. The summed E-state index contributed by atoms with van der Waals surface area (Å²) in [6.45, 7) is 1.90. The predicted molar refractivity (Wildman–Crippen MR) is 24.6 cm³/mol. The van der Waals surface area contributed by atoms with Crippen molar-refractivity contribution >= 4 is 0 Å². The molecule has 0 aromatic rings. The fourth-order valence-corrected chi connectivity index (χ4v) is 0.596. The molecule has 0 radical (unpaired) electrons. The molecule has 0 amide bonds. The van der Waals surface area contributed by atoms with Gasteiger partial charge in [0.25, 0.3) is 0 Å². The molecule has 0 aliphatic heterocycles. The van der Waals surface area contributed by atoms with E-state index in [1.165, 1.54) is 0 Å². The van der Waals surface area contributed by atoms with E-state index in [4.69, 9.17) is 0 Å². The van der Waals surface area contributed by atoms with E-state index in [9.17, 15) is 10.1 Å². The minimum Gasteiger partial charge on any atom is -0.264 e. The van der Waals surface area contributed by atoms with Gasteiger partial charge in [0.1, 0.15) is 0 Å². The summed E-state index contributed by atoms with van der Waals surface area (Å²) in [6.07, 6.45) is 0.785. The third-order valence-electron chi connectivity index (χ3n) is 1.34. The predicted octanol–water partition coefficient (Wildman–Crippen LogP) is 0.671. The Kier molecular flexibility index (Phi) is 0.770. The van der Waals surface area contributed by atoms with Crippen LogP contribution in [0.15, 0.2) is 0 Å². The molecule has 0 N–H and O–H groups in total. The zero-order chi connectivity index (χ0) is 5.44. The Balaban J connectivity index is 2.33. The van der Waals surface area contributed by atoms with Gasteiger partial charge >= 0.3 is 0 Å². The molecule has 1 fully saturated rings. The summed E-state index contributed by atoms with van der Waals surface area (Å²) < 4.78 is 0. The summed E-state index contributed by atoms with van der Waals surface area (Å²) in [4.78, 5) is 9.57. The van der Waals surface area contributed by atoms with E-state index in [0.29, 0.717) is 5.92 Å². The maximum Gasteiger partial charge on any atom is 0.216 e. The van der Waals surface area contributed by atoms with E-state index in [0.717, 1.165) is 6.42 Å². The summed E-state index contributed by atoms with van der Waals surface area (Å²) in [5.74, 6) is 0.343. The maximum atomic E-state index is 9.78. The van der Waals surface area contributed by atoms with Gasteiger partial charge < -0.3 is 0 Å². The molecule has 3 nitrogen and oxygen atoms in total. The molecule has 1 aliphatic carbocycles. The zero-order valence-electron chi connectivity index (χ0n) is 4.13. The Bertz CT molecular complexity index is 102. The summed E-state index contributed by atoms with van der Waals surface area (Å²) in [5, 5.41) is 9.78. The van der Waals surface area contributed by atoms with Crippen LogP contribution in [0.4, 0.5) is 0 Å². The van der Waals surface area contributed by atoms with E-state index in [2.05, 4.69) is 0 Å². The third kappa shape index (κ3) is 0.706. The van der Waals surface area contributed by atoms with Crippen molar-refractivity contribution in [2.24, 2.45) is 5.92 Å². The van der Waals surface area contributed by atoms with Crippen molar-refractivity contribution in [1.29, 1.82) is 0 Å². The first kappa shape index (κ1) is 4.56. The molecule has 3 heteroatoms. The van der Waals surface area contributed by atoms with Crippen molar-refractivity contribution in [1.82, 2.24) is 0 Å². The first-order valence-corrected chi connectivity index (χ1v) is 2.35. The molecule has 0 heterocycles. The van der Waals surface area contributed by atoms with Crippen molar-refractivity contribution in [3.05, 3.63) is 10.1 Å². The van der Waals surface area contributed by atoms with Crippen LogP contribution in [-0.2, 0) is 0 Å². The quantitative estimate of drug-likeness (QED) is 0.360. The fourth-order valence-electron chi connectivity index (χ4n) is 0.596. The van der Waals surface area contributed by atoms with E-state index < -0.39 is 0 Å². The fraction of sp³-hybridized carbons (Fsp3) is 1.00. The molecule has 1 aliphatic rings. The van der Waals surface area contributed by atoms with Crippen molar-refractivity contribution in [2.75, 3.05) is 0 Å². The van der Waals surface area contributed by atoms with Crippen LogP contribution in [0.1, 0.15) is 13.3 Å². The molecule has 0 aromatic carbocycles. The monoisotopic (exact) mass is 101 g/mol. The van der Waals surface area contributed by atoms with Crippen molar-refractivity contribution < 1.29 is 4.92 Å². The highest BCUT2D eigenvalue weighted by molar-refractivity contribution is 4.81. The first-order valence-electron chi connectivity index (χ1n) is 2.35. The van der Waals surface area contributed by atoms with Crippen LogP contribution < -0.4 is 0 Å². The normalized spacial score (nSPS) is 37.9. The molecule has 7 heavy (non-hydrogen) atoms. The molecular weight excluding hydrogens is 94.0 g/mol. The van der Waals surface area contributed by atoms with Gasteiger partial charge in [-0.3, -0.25) is 10.1 Å². The summed E-state index contributed by atoms with van der Waals surface area (Å²) in [5.41, 5.74) is 0. The van der Waals surface area contributed by atoms with Gasteiger partial charge in [0.2, 0.25) is 6.04 Å². The largest absolute Gasteiger partial charge is 0.264 e. The highest BCUT2D eigenvalue weighted by Gasteiger charge is 2.44. The van der Waals surface area contributed by atoms with Gasteiger partial charge in [-0.15, -0.1) is 0 Å². The van der Waals surface area contributed by atoms with Crippen LogP contribution in [0.5, 0.6) is 0 Å². The minimum absolute atomic E-state index is 0.204. The molecular formula is C4H7NO2. The SMILES string of the molecule is C[C@H]1C[C@@H]1[N+](=O)[O-]. The molecule has 0 bridgehead atoms. The molecule has 1 rings (SSSR count). The lowest BCUT2D eigenvalue weighted by molar-refractivity contribution is -0.498. The maximum absolute atomic E-state index is 9.78. The lowest BCUT2D eigenvalue weighted by Gasteiger charge is -1.80. The van der Waals surface area contributed by atoms with E-state index >= 15 is 0 Å². The molecule has 0 unspecified atom stereocenters. The molecule has 1 saturated carbocycles. The second-order valence-corrected chi connectivity index (χ2v) is 2.07. The smallest absolute Gasteiger partial charge is 0.216 e. The van der Waals surface area contributed by atoms with E-state index in [1.807, 2.05) is 6.92 Å². The van der Waals surface area contributed by atoms with Crippen molar-refractivity contribution in [3.63, 3.8) is 0 Å². The van der Waals surface area contributed by atoms with Gasteiger partial charge in [-0.2, -0.15) is 0 Å².